The van der Waals surface area contributed by atoms with Crippen LogP contribution in [0, 0.1) is 5.82 Å². The van der Waals surface area contributed by atoms with Gasteiger partial charge in [-0.3, -0.25) is 9.78 Å². The van der Waals surface area contributed by atoms with E-state index in [9.17, 15) is 9.18 Å². The number of carbonyl (C=O) groups excluding carboxylic acids is 1. The first-order valence-electron chi connectivity index (χ1n) is 7.33. The van der Waals surface area contributed by atoms with Gasteiger partial charge in [-0.1, -0.05) is 28.1 Å². The van der Waals surface area contributed by atoms with Gasteiger partial charge in [-0.05, 0) is 31.2 Å². The molecule has 122 valence electrons. The number of nitrogens with two attached hydrogens (primary N) is 1. The highest BCUT2D eigenvalue weighted by Crippen LogP contribution is 2.18. The Morgan fingerprint density at radius 3 is 2.74 bits per heavy atom. The zero-order valence-electron chi connectivity index (χ0n) is 12.9. The summed E-state index contributed by atoms with van der Waals surface area (Å²) in [6, 6.07) is 10.1. The van der Waals surface area contributed by atoms with Crippen molar-refractivity contribution in [1.82, 2.24) is 9.88 Å². The summed E-state index contributed by atoms with van der Waals surface area (Å²) < 4.78 is 14.7. The molecule has 0 fully saturated rings. The number of pyridine rings is 1. The third-order valence-electron chi connectivity index (χ3n) is 3.30. The molecule has 23 heavy (non-hydrogen) atoms. The lowest BCUT2D eigenvalue weighted by molar-refractivity contribution is -0.132. The normalized spacial score (nSPS) is 12.0. The van der Waals surface area contributed by atoms with Crippen LogP contribution in [0.1, 0.15) is 24.6 Å². The molecule has 1 aromatic carbocycles. The Balaban J connectivity index is 2.20. The van der Waals surface area contributed by atoms with E-state index in [1.807, 2.05) is 18.2 Å². The minimum atomic E-state index is -0.348. The van der Waals surface area contributed by atoms with Crippen molar-refractivity contribution in [2.75, 3.05) is 0 Å². The first-order chi connectivity index (χ1) is 11.0. The molecule has 1 heterocycles. The van der Waals surface area contributed by atoms with Crippen LogP contribution in [-0.4, -0.2) is 21.8 Å². The molecule has 0 bridgehead atoms. The lowest BCUT2D eigenvalue weighted by Gasteiger charge is -2.24. The summed E-state index contributed by atoms with van der Waals surface area (Å²) in [6.45, 7) is 2.28. The van der Waals surface area contributed by atoms with Gasteiger partial charge in [0.05, 0.1) is 12.2 Å². The van der Waals surface area contributed by atoms with Gasteiger partial charge in [0, 0.05) is 35.2 Å². The van der Waals surface area contributed by atoms with Crippen molar-refractivity contribution in [3.8, 4) is 0 Å². The van der Waals surface area contributed by atoms with Crippen LogP contribution < -0.4 is 5.73 Å². The average molecular weight is 380 g/mol. The third kappa shape index (κ3) is 5.41. The quantitative estimate of drug-likeness (QED) is 0.837. The monoisotopic (exact) mass is 379 g/mol. The second kappa shape index (κ2) is 8.17. The fourth-order valence-corrected chi connectivity index (χ4v) is 2.51. The SMILES string of the molecule is CC(N)CC(=O)N(Cc1ccccn1)Cc1ccc(Br)cc1F. The van der Waals surface area contributed by atoms with Gasteiger partial charge in [-0.2, -0.15) is 0 Å². The minimum Gasteiger partial charge on any atom is -0.332 e. The van der Waals surface area contributed by atoms with Crippen LogP contribution in [0.3, 0.4) is 0 Å². The van der Waals surface area contributed by atoms with E-state index in [4.69, 9.17) is 5.73 Å². The van der Waals surface area contributed by atoms with Crippen molar-refractivity contribution in [2.45, 2.75) is 32.5 Å². The van der Waals surface area contributed by atoms with Gasteiger partial charge in [0.2, 0.25) is 5.91 Å². The maximum atomic E-state index is 14.1. The molecule has 2 aromatic rings. The van der Waals surface area contributed by atoms with Gasteiger partial charge in [0.25, 0.3) is 0 Å². The third-order valence-corrected chi connectivity index (χ3v) is 3.80. The average Bonchev–Trinajstić information content (AvgIpc) is 2.49. The Bertz CT molecular complexity index is 664. The number of benzene rings is 1. The van der Waals surface area contributed by atoms with E-state index in [0.29, 0.717) is 16.6 Å². The highest BCUT2D eigenvalue weighted by atomic mass is 79.9. The molecule has 2 rings (SSSR count). The molecule has 1 unspecified atom stereocenters. The predicted octanol–water partition coefficient (Wildman–Crippen LogP) is 3.25. The van der Waals surface area contributed by atoms with E-state index in [0.717, 1.165) is 5.69 Å². The van der Waals surface area contributed by atoms with E-state index in [2.05, 4.69) is 20.9 Å². The van der Waals surface area contributed by atoms with Gasteiger partial charge in [-0.15, -0.1) is 0 Å². The molecule has 1 atom stereocenters. The summed E-state index contributed by atoms with van der Waals surface area (Å²) in [5.74, 6) is -0.466. The number of hydrogen-bond acceptors (Lipinski definition) is 3. The first kappa shape index (κ1) is 17.6. The van der Waals surface area contributed by atoms with Crippen molar-refractivity contribution in [3.05, 3.63) is 64.1 Å². The lowest BCUT2D eigenvalue weighted by atomic mass is 10.1. The molecule has 1 aromatic heterocycles. The Morgan fingerprint density at radius 1 is 1.35 bits per heavy atom. The molecule has 1 amide bonds. The summed E-state index contributed by atoms with van der Waals surface area (Å²) in [6.07, 6.45) is 1.88. The molecule has 0 saturated carbocycles. The van der Waals surface area contributed by atoms with E-state index in [-0.39, 0.29) is 30.7 Å². The Labute approximate surface area is 143 Å². The first-order valence-corrected chi connectivity index (χ1v) is 8.12. The van der Waals surface area contributed by atoms with Crippen molar-refractivity contribution in [1.29, 1.82) is 0 Å². The number of halogens is 2. The Morgan fingerprint density at radius 2 is 2.13 bits per heavy atom. The van der Waals surface area contributed by atoms with Gasteiger partial charge in [0.1, 0.15) is 5.82 Å². The number of hydrogen-bond donors (Lipinski definition) is 1. The molecular formula is C17H19BrFN3O. The number of rotatable bonds is 6. The summed E-state index contributed by atoms with van der Waals surface area (Å²) in [7, 11) is 0. The van der Waals surface area contributed by atoms with Crippen molar-refractivity contribution < 1.29 is 9.18 Å². The van der Waals surface area contributed by atoms with Crippen LogP contribution >= 0.6 is 15.9 Å². The van der Waals surface area contributed by atoms with Crippen LogP contribution in [0.25, 0.3) is 0 Å². The Kier molecular flexibility index (Phi) is 6.24. The van der Waals surface area contributed by atoms with Crippen molar-refractivity contribution in [2.24, 2.45) is 5.73 Å². The number of amides is 1. The standard InChI is InChI=1S/C17H19BrFN3O/c1-12(20)8-17(23)22(11-15-4-2-3-7-21-15)10-13-5-6-14(18)9-16(13)19/h2-7,9,12H,8,10-11,20H2,1H3. The highest BCUT2D eigenvalue weighted by Gasteiger charge is 2.18. The van der Waals surface area contributed by atoms with Crippen LogP contribution in [0.2, 0.25) is 0 Å². The van der Waals surface area contributed by atoms with Gasteiger partial charge in [0.15, 0.2) is 0 Å². The number of nitrogens with zero attached hydrogens (tertiary/aromatic N) is 2. The predicted molar refractivity (Wildman–Crippen MR) is 90.9 cm³/mol. The minimum absolute atomic E-state index is 0.118. The Hall–Kier alpha value is -1.79. The van der Waals surface area contributed by atoms with Crippen molar-refractivity contribution >= 4 is 21.8 Å². The zero-order chi connectivity index (χ0) is 16.8. The lowest BCUT2D eigenvalue weighted by Crippen LogP contribution is -2.34. The van der Waals surface area contributed by atoms with E-state index in [1.54, 1.807) is 30.2 Å². The van der Waals surface area contributed by atoms with Crippen LogP contribution in [0.5, 0.6) is 0 Å². The largest absolute Gasteiger partial charge is 0.332 e. The van der Waals surface area contributed by atoms with Crippen LogP contribution in [0.15, 0.2) is 47.1 Å². The maximum absolute atomic E-state index is 14.1. The van der Waals surface area contributed by atoms with Gasteiger partial charge >= 0.3 is 0 Å². The van der Waals surface area contributed by atoms with E-state index < -0.39 is 0 Å². The molecule has 4 nitrogen and oxygen atoms in total. The summed E-state index contributed by atoms with van der Waals surface area (Å²) >= 11 is 3.23. The molecule has 0 aliphatic carbocycles. The molecule has 0 spiro atoms. The molecule has 0 aliphatic rings. The fourth-order valence-electron chi connectivity index (χ4n) is 2.18. The second-order valence-corrected chi connectivity index (χ2v) is 6.40. The number of carbonyl (C=O) groups is 1. The van der Waals surface area contributed by atoms with Gasteiger partial charge < -0.3 is 10.6 Å². The molecular weight excluding hydrogens is 361 g/mol. The fraction of sp³-hybridized carbons (Fsp3) is 0.294. The zero-order valence-corrected chi connectivity index (χ0v) is 14.5. The smallest absolute Gasteiger partial charge is 0.224 e. The van der Waals surface area contributed by atoms with Crippen LogP contribution in [0.4, 0.5) is 4.39 Å². The topological polar surface area (TPSA) is 59.2 Å². The molecule has 0 saturated heterocycles. The van der Waals surface area contributed by atoms with Crippen molar-refractivity contribution in [3.63, 3.8) is 0 Å². The summed E-state index contributed by atoms with van der Waals surface area (Å²) in [4.78, 5) is 18.2. The second-order valence-electron chi connectivity index (χ2n) is 5.49. The van der Waals surface area contributed by atoms with E-state index in [1.165, 1.54) is 6.07 Å². The molecule has 6 heteroatoms. The highest BCUT2D eigenvalue weighted by molar-refractivity contribution is 9.10. The maximum Gasteiger partial charge on any atom is 0.224 e. The molecule has 2 N–H and O–H groups in total. The summed E-state index contributed by atoms with van der Waals surface area (Å²) in [5.41, 5.74) is 6.94. The van der Waals surface area contributed by atoms with E-state index >= 15 is 0 Å². The number of aromatic nitrogens is 1. The summed E-state index contributed by atoms with van der Waals surface area (Å²) in [5, 5.41) is 0. The van der Waals surface area contributed by atoms with Crippen LogP contribution in [-0.2, 0) is 17.9 Å². The molecule has 0 radical (unpaired) electrons. The molecule has 0 aliphatic heterocycles. The van der Waals surface area contributed by atoms with Gasteiger partial charge in [-0.25, -0.2) is 4.39 Å².